The van der Waals surface area contributed by atoms with Crippen LogP contribution in [0.5, 0.6) is 11.5 Å². The maximum atomic E-state index is 13.7. The van der Waals surface area contributed by atoms with E-state index >= 15 is 0 Å². The zero-order chi connectivity index (χ0) is 41.9. The van der Waals surface area contributed by atoms with Gasteiger partial charge in [0.05, 0.1) is 39.5 Å². The lowest BCUT2D eigenvalue weighted by Crippen LogP contribution is -2.42. The normalized spacial score (nSPS) is 15.9. The Morgan fingerprint density at radius 1 is 0.667 bits per heavy atom. The average molecular weight is 811 g/mol. The molecule has 5 aromatic rings. The summed E-state index contributed by atoms with van der Waals surface area (Å²) in [6.07, 6.45) is 2.71. The summed E-state index contributed by atoms with van der Waals surface area (Å²) in [4.78, 5) is 40.6. The summed E-state index contributed by atoms with van der Waals surface area (Å²) in [5.74, 6) is 1.31. The summed E-state index contributed by atoms with van der Waals surface area (Å²) >= 11 is 0. The highest BCUT2D eigenvalue weighted by molar-refractivity contribution is 5.84. The van der Waals surface area contributed by atoms with Gasteiger partial charge < -0.3 is 34.3 Å². The minimum absolute atomic E-state index is 0.0253. The van der Waals surface area contributed by atoms with Gasteiger partial charge in [0, 0.05) is 25.3 Å². The summed E-state index contributed by atoms with van der Waals surface area (Å²) in [5.41, 5.74) is 6.24. The SMILES string of the molecule is COc1ccc(C(OC[C@@H]2C[C@@H](O)CN2C(=O)CCCCCCC(=O)CNC(=O)OCC2c3ccccc3-c3ccccc32)(c2ccccc2)c2ccc(OC)cc2)cc1. The van der Waals surface area contributed by atoms with E-state index in [1.165, 1.54) is 0 Å². The second kappa shape index (κ2) is 19.9. The van der Waals surface area contributed by atoms with Crippen molar-refractivity contribution in [3.63, 3.8) is 0 Å². The number of hydrogen-bond donors (Lipinski definition) is 2. The van der Waals surface area contributed by atoms with Gasteiger partial charge in [-0.2, -0.15) is 0 Å². The lowest BCUT2D eigenvalue weighted by Gasteiger charge is -2.38. The molecule has 0 aromatic heterocycles. The summed E-state index contributed by atoms with van der Waals surface area (Å²) in [6, 6.07) is 41.6. The Labute approximate surface area is 352 Å². The minimum Gasteiger partial charge on any atom is -0.497 e. The molecular weight excluding hydrogens is 757 g/mol. The largest absolute Gasteiger partial charge is 0.497 e. The van der Waals surface area contributed by atoms with Crippen LogP contribution in [0, 0.1) is 0 Å². The molecule has 0 saturated carbocycles. The number of carbonyl (C=O) groups is 3. The van der Waals surface area contributed by atoms with Gasteiger partial charge in [-0.15, -0.1) is 0 Å². The van der Waals surface area contributed by atoms with Crippen LogP contribution in [-0.4, -0.2) is 80.5 Å². The zero-order valence-corrected chi connectivity index (χ0v) is 34.4. The van der Waals surface area contributed by atoms with Crippen molar-refractivity contribution in [2.24, 2.45) is 0 Å². The number of ether oxygens (including phenoxy) is 4. The molecule has 1 saturated heterocycles. The van der Waals surface area contributed by atoms with Crippen molar-refractivity contribution in [2.75, 3.05) is 40.5 Å². The fraction of sp³-hybridized carbons (Fsp3) is 0.340. The second-order valence-electron chi connectivity index (χ2n) is 15.5. The van der Waals surface area contributed by atoms with Crippen molar-refractivity contribution in [1.29, 1.82) is 0 Å². The van der Waals surface area contributed by atoms with Crippen molar-refractivity contribution in [3.05, 3.63) is 155 Å². The quantitative estimate of drug-likeness (QED) is 0.0630. The highest BCUT2D eigenvalue weighted by Crippen LogP contribution is 2.45. The molecule has 10 nitrogen and oxygen atoms in total. The Morgan fingerprint density at radius 2 is 1.20 bits per heavy atom. The molecule has 1 fully saturated rings. The first-order chi connectivity index (χ1) is 29.3. The maximum absolute atomic E-state index is 13.7. The fourth-order valence-corrected chi connectivity index (χ4v) is 8.66. The number of aliphatic hydroxyl groups is 1. The standard InChI is InChI=1S/C50H54N2O8/c1-57-41-26-22-36(23-27-41)50(35-14-6-5-7-15-35,37-24-28-42(58-2)29-25-37)60-33-38-30-40(54)32-52(38)48(55)21-9-4-3-8-16-39(53)31-51-49(56)59-34-47-45-19-12-10-17-43(45)44-18-11-13-20-46(44)47/h5-7,10-15,17-20,22-29,38,40,47,54H,3-4,8-9,16,21,30-34H2,1-2H3,(H,51,56)/t38-,40+/m0/s1. The molecule has 0 radical (unpaired) electrons. The Bertz CT molecular complexity index is 2120. The Kier molecular flexibility index (Phi) is 14.0. The Balaban J connectivity index is 0.880. The van der Waals surface area contributed by atoms with Crippen LogP contribution in [0.4, 0.5) is 4.79 Å². The van der Waals surface area contributed by atoms with E-state index in [4.69, 9.17) is 18.9 Å². The summed E-state index contributed by atoms with van der Waals surface area (Å²) in [6.45, 7) is 0.556. The van der Waals surface area contributed by atoms with Crippen molar-refractivity contribution < 1.29 is 38.4 Å². The predicted octanol–water partition coefficient (Wildman–Crippen LogP) is 8.42. The average Bonchev–Trinajstić information content (AvgIpc) is 3.83. The summed E-state index contributed by atoms with van der Waals surface area (Å²) < 4.78 is 23.6. The molecule has 1 aliphatic carbocycles. The first-order valence-electron chi connectivity index (χ1n) is 20.9. The molecule has 60 heavy (non-hydrogen) atoms. The number of amides is 2. The Morgan fingerprint density at radius 3 is 1.78 bits per heavy atom. The minimum atomic E-state index is -1.04. The number of benzene rings is 5. The van der Waals surface area contributed by atoms with Crippen LogP contribution in [0.1, 0.15) is 78.7 Å². The van der Waals surface area contributed by atoms with E-state index in [2.05, 4.69) is 29.6 Å². The van der Waals surface area contributed by atoms with E-state index in [-0.39, 0.29) is 50.0 Å². The molecule has 1 heterocycles. The van der Waals surface area contributed by atoms with Crippen molar-refractivity contribution in [2.45, 2.75) is 68.6 Å². The number of alkyl carbamates (subject to hydrolysis) is 1. The summed E-state index contributed by atoms with van der Waals surface area (Å²) in [7, 11) is 3.27. The lowest BCUT2D eigenvalue weighted by molar-refractivity contribution is -0.134. The number of aliphatic hydroxyl groups excluding tert-OH is 1. The molecule has 0 spiro atoms. The third-order valence-corrected chi connectivity index (χ3v) is 11.7. The third-order valence-electron chi connectivity index (χ3n) is 11.7. The smallest absolute Gasteiger partial charge is 0.407 e. The molecule has 312 valence electrons. The Hall–Kier alpha value is -5.97. The number of carbonyl (C=O) groups excluding carboxylic acids is 3. The van der Waals surface area contributed by atoms with Crippen LogP contribution in [0.3, 0.4) is 0 Å². The maximum Gasteiger partial charge on any atom is 0.407 e. The van der Waals surface area contributed by atoms with Gasteiger partial charge in [-0.25, -0.2) is 4.79 Å². The van der Waals surface area contributed by atoms with Crippen LogP contribution in [0.2, 0.25) is 0 Å². The number of fused-ring (bicyclic) bond motifs is 3. The molecule has 1 aliphatic heterocycles. The molecule has 0 bridgehead atoms. The lowest BCUT2D eigenvalue weighted by atomic mass is 9.80. The monoisotopic (exact) mass is 810 g/mol. The predicted molar refractivity (Wildman–Crippen MR) is 230 cm³/mol. The number of nitrogens with one attached hydrogen (secondary N) is 1. The second-order valence-corrected chi connectivity index (χ2v) is 15.5. The van der Waals surface area contributed by atoms with E-state index < -0.39 is 17.8 Å². The number of ketones is 1. The molecular formula is C50H54N2O8. The number of rotatable bonds is 19. The van der Waals surface area contributed by atoms with Gasteiger partial charge in [0.15, 0.2) is 5.78 Å². The zero-order valence-electron chi connectivity index (χ0n) is 34.4. The first-order valence-corrected chi connectivity index (χ1v) is 20.9. The van der Waals surface area contributed by atoms with Gasteiger partial charge in [-0.05, 0) is 82.5 Å². The highest BCUT2D eigenvalue weighted by atomic mass is 16.5. The van der Waals surface area contributed by atoms with Gasteiger partial charge in [0.25, 0.3) is 0 Å². The van der Waals surface area contributed by atoms with E-state index in [0.717, 1.165) is 63.3 Å². The first kappa shape index (κ1) is 42.2. The molecule has 2 aliphatic rings. The molecule has 2 amide bonds. The van der Waals surface area contributed by atoms with Crippen LogP contribution < -0.4 is 14.8 Å². The van der Waals surface area contributed by atoms with Crippen LogP contribution in [0.15, 0.2) is 127 Å². The number of methoxy groups -OCH3 is 2. The number of β-amino-alcohol motifs (C(OH)–C–C–N with tert-alkyl or cyclic N) is 1. The van der Waals surface area contributed by atoms with E-state index in [9.17, 15) is 19.5 Å². The number of hydrogen-bond acceptors (Lipinski definition) is 8. The van der Waals surface area contributed by atoms with E-state index in [1.807, 2.05) is 103 Å². The van der Waals surface area contributed by atoms with Crippen LogP contribution in [-0.2, 0) is 24.7 Å². The van der Waals surface area contributed by atoms with Crippen molar-refractivity contribution >= 4 is 17.8 Å². The molecule has 0 unspecified atom stereocenters. The van der Waals surface area contributed by atoms with Crippen molar-refractivity contribution in [3.8, 4) is 22.6 Å². The number of nitrogens with zero attached hydrogens (tertiary/aromatic N) is 1. The molecule has 7 rings (SSSR count). The van der Waals surface area contributed by atoms with Crippen LogP contribution >= 0.6 is 0 Å². The third kappa shape index (κ3) is 9.56. The van der Waals surface area contributed by atoms with Gasteiger partial charge in [-0.3, -0.25) is 9.59 Å². The molecule has 5 aromatic carbocycles. The van der Waals surface area contributed by atoms with Gasteiger partial charge in [0.1, 0.15) is 23.7 Å². The molecule has 2 N–H and O–H groups in total. The summed E-state index contributed by atoms with van der Waals surface area (Å²) in [5, 5.41) is 13.4. The molecule has 2 atom stereocenters. The fourth-order valence-electron chi connectivity index (χ4n) is 8.66. The van der Waals surface area contributed by atoms with Crippen molar-refractivity contribution in [1.82, 2.24) is 10.2 Å². The number of Topliss-reactive ketones (excluding diaryl/α,β-unsaturated/α-hetero) is 1. The van der Waals surface area contributed by atoms with Gasteiger partial charge in [0.2, 0.25) is 5.91 Å². The van der Waals surface area contributed by atoms with Gasteiger partial charge >= 0.3 is 6.09 Å². The number of unbranched alkanes of at least 4 members (excludes halogenated alkanes) is 3. The highest BCUT2D eigenvalue weighted by Gasteiger charge is 2.41. The van der Waals surface area contributed by atoms with E-state index in [1.54, 1.807) is 19.1 Å². The topological polar surface area (TPSA) is 124 Å². The van der Waals surface area contributed by atoms with Gasteiger partial charge in [-0.1, -0.05) is 116 Å². The van der Waals surface area contributed by atoms with E-state index in [0.29, 0.717) is 32.1 Å². The molecule has 10 heteroatoms. The number of likely N-dealkylation sites (tertiary alicyclic amines) is 1. The van der Waals surface area contributed by atoms with Crippen LogP contribution in [0.25, 0.3) is 11.1 Å².